The van der Waals surface area contributed by atoms with E-state index in [1.165, 1.54) is 12.1 Å². The molecule has 0 saturated heterocycles. The first-order valence-corrected chi connectivity index (χ1v) is 7.64. The predicted molar refractivity (Wildman–Crippen MR) is 73.5 cm³/mol. The van der Waals surface area contributed by atoms with Crippen LogP contribution in [0.1, 0.15) is 26.3 Å². The van der Waals surface area contributed by atoms with Crippen LogP contribution in [0.25, 0.3) is 0 Å². The van der Waals surface area contributed by atoms with E-state index >= 15 is 0 Å². The summed E-state index contributed by atoms with van der Waals surface area (Å²) in [5.41, 5.74) is -5.08. The zero-order chi connectivity index (χ0) is 15.1. The lowest BCUT2D eigenvalue weighted by molar-refractivity contribution is -0.0500. The van der Waals surface area contributed by atoms with Crippen molar-refractivity contribution < 1.29 is 25.8 Å². The minimum atomic E-state index is -5.64. The predicted octanol–water partition coefficient (Wildman–Crippen LogP) is 3.82. The first-order chi connectivity index (χ1) is 8.34. The highest BCUT2D eigenvalue weighted by atomic mass is 127. The maximum atomic E-state index is 12.3. The Morgan fingerprint density at radius 3 is 2.11 bits per heavy atom. The monoisotopic (exact) mass is 408 g/mol. The van der Waals surface area contributed by atoms with Crippen LogP contribution in [0.15, 0.2) is 18.2 Å². The molecule has 1 aromatic carbocycles. The van der Waals surface area contributed by atoms with Crippen LogP contribution in [0.4, 0.5) is 13.2 Å². The van der Waals surface area contributed by atoms with E-state index in [0.29, 0.717) is 9.13 Å². The molecule has 0 aliphatic carbocycles. The van der Waals surface area contributed by atoms with Gasteiger partial charge in [-0.1, -0.05) is 26.8 Å². The minimum Gasteiger partial charge on any atom is -0.375 e. The number of hydrogen-bond donors (Lipinski definition) is 0. The van der Waals surface area contributed by atoms with Crippen LogP contribution in [-0.2, 0) is 15.5 Å². The highest BCUT2D eigenvalue weighted by molar-refractivity contribution is 14.1. The second-order valence-corrected chi connectivity index (χ2v) is 7.58. The van der Waals surface area contributed by atoms with Crippen LogP contribution < -0.4 is 4.18 Å². The molecule has 0 spiro atoms. The van der Waals surface area contributed by atoms with Crippen LogP contribution in [0.3, 0.4) is 0 Å². The third kappa shape index (κ3) is 3.98. The molecule has 1 rings (SSSR count). The van der Waals surface area contributed by atoms with Gasteiger partial charge >= 0.3 is 15.6 Å². The van der Waals surface area contributed by atoms with Gasteiger partial charge in [0.15, 0.2) is 5.75 Å². The third-order valence-electron chi connectivity index (χ3n) is 2.28. The molecule has 0 saturated carbocycles. The maximum absolute atomic E-state index is 12.3. The first-order valence-electron chi connectivity index (χ1n) is 5.15. The van der Waals surface area contributed by atoms with Gasteiger partial charge in [0.05, 0.1) is 3.57 Å². The molecule has 19 heavy (non-hydrogen) atoms. The molecule has 0 aliphatic rings. The second kappa shape index (κ2) is 5.12. The molecular weight excluding hydrogens is 396 g/mol. The van der Waals surface area contributed by atoms with Gasteiger partial charge in [-0.05, 0) is 45.7 Å². The molecule has 0 aromatic heterocycles. The number of rotatable bonds is 2. The zero-order valence-electron chi connectivity index (χ0n) is 10.4. The Morgan fingerprint density at radius 1 is 1.16 bits per heavy atom. The fourth-order valence-corrected chi connectivity index (χ4v) is 2.26. The lowest BCUT2D eigenvalue weighted by atomic mass is 9.87. The Hall–Kier alpha value is -0.510. The van der Waals surface area contributed by atoms with E-state index in [4.69, 9.17) is 0 Å². The summed E-state index contributed by atoms with van der Waals surface area (Å²) in [6.07, 6.45) is 0. The zero-order valence-corrected chi connectivity index (χ0v) is 13.4. The summed E-state index contributed by atoms with van der Waals surface area (Å²) in [5, 5.41) is 0. The van der Waals surface area contributed by atoms with Crippen LogP contribution in [0.2, 0.25) is 0 Å². The third-order valence-corrected chi connectivity index (χ3v) is 4.14. The number of halogens is 4. The molecular formula is C11H12F3IO3S. The number of hydrogen-bond acceptors (Lipinski definition) is 3. The molecule has 0 bridgehead atoms. The maximum Gasteiger partial charge on any atom is 0.534 e. The van der Waals surface area contributed by atoms with E-state index in [0.717, 1.165) is 0 Å². The Labute approximate surface area is 123 Å². The van der Waals surface area contributed by atoms with E-state index in [-0.39, 0.29) is 11.2 Å². The average molecular weight is 408 g/mol. The minimum absolute atomic E-state index is 0.290. The first kappa shape index (κ1) is 16.5. The van der Waals surface area contributed by atoms with Crippen molar-refractivity contribution in [1.82, 2.24) is 0 Å². The standard InChI is InChI=1S/C11H12F3IO3S/c1-10(2,3)7-4-5-8(15)9(6-7)18-19(16,17)11(12,13)14/h4-6H,1-3H3. The van der Waals surface area contributed by atoms with Crippen molar-refractivity contribution in [1.29, 1.82) is 0 Å². The summed E-state index contributed by atoms with van der Waals surface area (Å²) in [4.78, 5) is 0. The molecule has 0 aliphatic heterocycles. The van der Waals surface area contributed by atoms with Gasteiger partial charge in [0.25, 0.3) is 0 Å². The Bertz CT molecular complexity index is 574. The summed E-state index contributed by atoms with van der Waals surface area (Å²) >= 11 is 1.72. The SMILES string of the molecule is CC(C)(C)c1ccc(I)c(OS(=O)(=O)C(F)(F)F)c1. The molecule has 0 unspecified atom stereocenters. The topological polar surface area (TPSA) is 43.4 Å². The van der Waals surface area contributed by atoms with Gasteiger partial charge < -0.3 is 4.18 Å². The van der Waals surface area contributed by atoms with Crippen LogP contribution >= 0.6 is 22.6 Å². The lowest BCUT2D eigenvalue weighted by Crippen LogP contribution is -2.28. The van der Waals surface area contributed by atoms with Crippen LogP contribution in [-0.4, -0.2) is 13.9 Å². The van der Waals surface area contributed by atoms with Crippen molar-refractivity contribution in [3.05, 3.63) is 27.3 Å². The van der Waals surface area contributed by atoms with E-state index in [9.17, 15) is 21.6 Å². The van der Waals surface area contributed by atoms with Gasteiger partial charge in [0, 0.05) is 0 Å². The van der Waals surface area contributed by atoms with Crippen molar-refractivity contribution in [2.75, 3.05) is 0 Å². The molecule has 0 amide bonds. The highest BCUT2D eigenvalue weighted by Gasteiger charge is 2.48. The van der Waals surface area contributed by atoms with E-state index < -0.39 is 15.6 Å². The second-order valence-electron chi connectivity index (χ2n) is 4.88. The molecule has 0 fully saturated rings. The number of benzene rings is 1. The van der Waals surface area contributed by atoms with E-state index in [2.05, 4.69) is 4.18 Å². The van der Waals surface area contributed by atoms with E-state index in [1.54, 1.807) is 28.7 Å². The molecule has 108 valence electrons. The van der Waals surface area contributed by atoms with Crippen molar-refractivity contribution in [2.45, 2.75) is 31.7 Å². The van der Waals surface area contributed by atoms with Gasteiger partial charge in [-0.2, -0.15) is 21.6 Å². The summed E-state index contributed by atoms with van der Waals surface area (Å²) in [6.45, 7) is 5.58. The van der Waals surface area contributed by atoms with Gasteiger partial charge in [-0.3, -0.25) is 0 Å². The molecule has 0 atom stereocenters. The lowest BCUT2D eigenvalue weighted by Gasteiger charge is -2.20. The molecule has 0 radical (unpaired) electrons. The fraction of sp³-hybridized carbons (Fsp3) is 0.455. The normalized spacial score (nSPS) is 13.4. The average Bonchev–Trinajstić information content (AvgIpc) is 2.17. The van der Waals surface area contributed by atoms with Gasteiger partial charge in [0.2, 0.25) is 0 Å². The van der Waals surface area contributed by atoms with E-state index in [1.807, 2.05) is 20.8 Å². The smallest absolute Gasteiger partial charge is 0.375 e. The highest BCUT2D eigenvalue weighted by Crippen LogP contribution is 2.33. The Balaban J connectivity index is 3.23. The largest absolute Gasteiger partial charge is 0.534 e. The van der Waals surface area contributed by atoms with Crippen molar-refractivity contribution >= 4 is 32.7 Å². The van der Waals surface area contributed by atoms with Crippen LogP contribution in [0.5, 0.6) is 5.75 Å². The summed E-state index contributed by atoms with van der Waals surface area (Å²) < 4.78 is 63.2. The van der Waals surface area contributed by atoms with Gasteiger partial charge in [-0.25, -0.2) is 0 Å². The van der Waals surface area contributed by atoms with Crippen LogP contribution in [0, 0.1) is 3.57 Å². The molecule has 0 heterocycles. The van der Waals surface area contributed by atoms with Crippen molar-refractivity contribution in [3.8, 4) is 5.75 Å². The quantitative estimate of drug-likeness (QED) is 0.425. The Morgan fingerprint density at radius 2 is 1.68 bits per heavy atom. The summed E-state index contributed by atoms with van der Waals surface area (Å²) in [7, 11) is -5.64. The van der Waals surface area contributed by atoms with Gasteiger partial charge in [0.1, 0.15) is 0 Å². The summed E-state index contributed by atoms with van der Waals surface area (Å²) in [5.74, 6) is -0.314. The fourth-order valence-electron chi connectivity index (χ4n) is 1.20. The molecule has 3 nitrogen and oxygen atoms in total. The molecule has 8 heteroatoms. The van der Waals surface area contributed by atoms with Crippen molar-refractivity contribution in [2.24, 2.45) is 0 Å². The summed E-state index contributed by atoms with van der Waals surface area (Å²) in [6, 6.07) is 4.54. The number of alkyl halides is 3. The molecule has 0 N–H and O–H groups in total. The van der Waals surface area contributed by atoms with Gasteiger partial charge in [-0.15, -0.1) is 0 Å². The van der Waals surface area contributed by atoms with Crippen molar-refractivity contribution in [3.63, 3.8) is 0 Å². The Kier molecular flexibility index (Phi) is 4.45. The molecule has 1 aromatic rings.